The van der Waals surface area contributed by atoms with Crippen molar-refractivity contribution in [2.45, 2.75) is 38.5 Å². The molecule has 4 aliphatic rings. The summed E-state index contributed by atoms with van der Waals surface area (Å²) in [6.45, 7) is 0. The first-order valence-corrected chi connectivity index (χ1v) is 8.25. The molecule has 4 fully saturated rings. The van der Waals surface area contributed by atoms with Gasteiger partial charge < -0.3 is 5.32 Å². The SMILES string of the molecule is O=C(Nc1ncc(Cl)s1)C12CC3CC(CC(C3)C1)C2. The lowest BCUT2D eigenvalue weighted by molar-refractivity contribution is -0.140. The Morgan fingerprint density at radius 3 is 2.32 bits per heavy atom. The lowest BCUT2D eigenvalue weighted by Gasteiger charge is -2.55. The molecule has 0 radical (unpaired) electrons. The van der Waals surface area contributed by atoms with Gasteiger partial charge in [-0.25, -0.2) is 4.98 Å². The Morgan fingerprint density at radius 1 is 1.26 bits per heavy atom. The van der Waals surface area contributed by atoms with Crippen LogP contribution in [0.3, 0.4) is 0 Å². The molecule has 1 N–H and O–H groups in total. The molecule has 1 amide bonds. The molecule has 19 heavy (non-hydrogen) atoms. The largest absolute Gasteiger partial charge is 0.301 e. The molecule has 3 nitrogen and oxygen atoms in total. The fraction of sp³-hybridized carbons (Fsp3) is 0.714. The highest BCUT2D eigenvalue weighted by Gasteiger charge is 2.54. The number of nitrogens with one attached hydrogen (secondary N) is 1. The number of rotatable bonds is 2. The predicted molar refractivity (Wildman–Crippen MR) is 76.4 cm³/mol. The van der Waals surface area contributed by atoms with Gasteiger partial charge >= 0.3 is 0 Å². The Hall–Kier alpha value is -0.610. The standard InChI is InChI=1S/C14H17ClN2OS/c15-11-7-16-13(19-11)17-12(18)14-4-8-1-9(5-14)3-10(2-8)6-14/h7-10H,1-6H2,(H,16,17,18). The topological polar surface area (TPSA) is 42.0 Å². The van der Waals surface area contributed by atoms with Crippen LogP contribution >= 0.6 is 22.9 Å². The van der Waals surface area contributed by atoms with Crippen LogP contribution in [0.15, 0.2) is 6.20 Å². The van der Waals surface area contributed by atoms with E-state index < -0.39 is 0 Å². The zero-order chi connectivity index (χ0) is 13.0. The van der Waals surface area contributed by atoms with Gasteiger partial charge in [-0.15, -0.1) is 0 Å². The molecule has 1 aromatic heterocycles. The summed E-state index contributed by atoms with van der Waals surface area (Å²) in [4.78, 5) is 16.8. The summed E-state index contributed by atoms with van der Waals surface area (Å²) in [5, 5.41) is 3.65. The quantitative estimate of drug-likeness (QED) is 0.898. The van der Waals surface area contributed by atoms with Crippen molar-refractivity contribution in [1.29, 1.82) is 0 Å². The summed E-state index contributed by atoms with van der Waals surface area (Å²) in [6, 6.07) is 0. The number of halogens is 1. The smallest absolute Gasteiger partial charge is 0.232 e. The summed E-state index contributed by atoms with van der Waals surface area (Å²) in [5.41, 5.74) is -0.104. The van der Waals surface area contributed by atoms with Gasteiger partial charge in [-0.05, 0) is 56.3 Å². The number of carbonyl (C=O) groups is 1. The number of amides is 1. The van der Waals surface area contributed by atoms with Gasteiger partial charge in [0, 0.05) is 0 Å². The number of hydrogen-bond donors (Lipinski definition) is 1. The van der Waals surface area contributed by atoms with Crippen LogP contribution in [0.1, 0.15) is 38.5 Å². The molecule has 0 spiro atoms. The van der Waals surface area contributed by atoms with Crippen molar-refractivity contribution in [3.63, 3.8) is 0 Å². The average Bonchev–Trinajstić information content (AvgIpc) is 2.73. The minimum atomic E-state index is -0.104. The minimum Gasteiger partial charge on any atom is -0.301 e. The third-order valence-corrected chi connectivity index (χ3v) is 6.25. The molecule has 102 valence electrons. The zero-order valence-corrected chi connectivity index (χ0v) is 12.3. The van der Waals surface area contributed by atoms with Gasteiger partial charge in [0.05, 0.1) is 11.6 Å². The van der Waals surface area contributed by atoms with E-state index in [1.807, 2.05) is 0 Å². The van der Waals surface area contributed by atoms with E-state index >= 15 is 0 Å². The average molecular weight is 297 g/mol. The van der Waals surface area contributed by atoms with Crippen molar-refractivity contribution in [2.75, 3.05) is 5.32 Å². The number of anilines is 1. The Balaban J connectivity index is 1.56. The van der Waals surface area contributed by atoms with Gasteiger partial charge in [-0.2, -0.15) is 0 Å². The van der Waals surface area contributed by atoms with E-state index in [4.69, 9.17) is 11.6 Å². The second kappa shape index (κ2) is 4.19. The highest BCUT2D eigenvalue weighted by Crippen LogP contribution is 2.60. The van der Waals surface area contributed by atoms with Crippen LogP contribution < -0.4 is 5.32 Å². The third kappa shape index (κ3) is 2.00. The Labute approximate surface area is 121 Å². The first kappa shape index (κ1) is 12.2. The third-order valence-electron chi connectivity index (χ3n) is 5.22. The van der Waals surface area contributed by atoms with E-state index in [-0.39, 0.29) is 11.3 Å². The van der Waals surface area contributed by atoms with Crippen LogP contribution in [0.25, 0.3) is 0 Å². The molecule has 0 atom stereocenters. The van der Waals surface area contributed by atoms with Gasteiger partial charge in [0.2, 0.25) is 5.91 Å². The fourth-order valence-corrected chi connectivity index (χ4v) is 5.74. The number of thiazole rings is 1. The second-order valence-electron chi connectivity index (χ2n) is 6.62. The second-order valence-corrected chi connectivity index (χ2v) is 8.28. The van der Waals surface area contributed by atoms with Crippen molar-refractivity contribution in [2.24, 2.45) is 23.2 Å². The summed E-state index contributed by atoms with van der Waals surface area (Å²) < 4.78 is 0.626. The van der Waals surface area contributed by atoms with Crippen LogP contribution in [0.5, 0.6) is 0 Å². The van der Waals surface area contributed by atoms with Gasteiger partial charge in [0.1, 0.15) is 4.34 Å². The molecule has 1 aromatic rings. The van der Waals surface area contributed by atoms with Crippen molar-refractivity contribution < 1.29 is 4.79 Å². The number of nitrogens with zero attached hydrogens (tertiary/aromatic N) is 1. The van der Waals surface area contributed by atoms with E-state index in [1.54, 1.807) is 6.20 Å². The van der Waals surface area contributed by atoms with Crippen molar-refractivity contribution >= 4 is 34.0 Å². The van der Waals surface area contributed by atoms with E-state index in [1.165, 1.54) is 30.6 Å². The normalized spacial score (nSPS) is 39.5. The number of carbonyl (C=O) groups excluding carboxylic acids is 1. The molecule has 5 heteroatoms. The molecular weight excluding hydrogens is 280 g/mol. The van der Waals surface area contributed by atoms with Crippen LogP contribution in [0.4, 0.5) is 5.13 Å². The van der Waals surface area contributed by atoms with Crippen LogP contribution in [0.2, 0.25) is 4.34 Å². The van der Waals surface area contributed by atoms with Gasteiger partial charge in [0.25, 0.3) is 0 Å². The Kier molecular flexibility index (Phi) is 2.68. The fourth-order valence-electron chi connectivity index (χ4n) is 4.93. The number of aromatic nitrogens is 1. The maximum absolute atomic E-state index is 12.7. The highest BCUT2D eigenvalue weighted by atomic mass is 35.5. The molecule has 4 saturated carbocycles. The van der Waals surface area contributed by atoms with Gasteiger partial charge in [-0.3, -0.25) is 4.79 Å². The van der Waals surface area contributed by atoms with Gasteiger partial charge in [0.15, 0.2) is 5.13 Å². The molecular formula is C14H17ClN2OS. The monoisotopic (exact) mass is 296 g/mol. The highest BCUT2D eigenvalue weighted by molar-refractivity contribution is 7.19. The molecule has 5 rings (SSSR count). The zero-order valence-electron chi connectivity index (χ0n) is 10.7. The molecule has 4 aliphatic carbocycles. The van der Waals surface area contributed by atoms with E-state index in [0.717, 1.165) is 37.0 Å². The molecule has 4 bridgehead atoms. The summed E-state index contributed by atoms with van der Waals surface area (Å²) in [7, 11) is 0. The molecule has 1 heterocycles. The van der Waals surface area contributed by atoms with Crippen molar-refractivity contribution in [3.05, 3.63) is 10.5 Å². The summed E-state index contributed by atoms with van der Waals surface area (Å²) >= 11 is 7.21. The van der Waals surface area contributed by atoms with Gasteiger partial charge in [-0.1, -0.05) is 22.9 Å². The lowest BCUT2D eigenvalue weighted by atomic mass is 9.49. The summed E-state index contributed by atoms with van der Waals surface area (Å²) in [5.74, 6) is 2.56. The number of hydrogen-bond acceptors (Lipinski definition) is 3. The van der Waals surface area contributed by atoms with E-state index in [9.17, 15) is 4.79 Å². The van der Waals surface area contributed by atoms with E-state index in [0.29, 0.717) is 9.47 Å². The Morgan fingerprint density at radius 2 is 1.84 bits per heavy atom. The molecule has 0 aromatic carbocycles. The molecule has 0 saturated heterocycles. The predicted octanol–water partition coefficient (Wildman–Crippen LogP) is 3.95. The van der Waals surface area contributed by atoms with Crippen LogP contribution in [0, 0.1) is 23.2 Å². The molecule has 0 aliphatic heterocycles. The van der Waals surface area contributed by atoms with Crippen LogP contribution in [-0.4, -0.2) is 10.9 Å². The van der Waals surface area contributed by atoms with Crippen molar-refractivity contribution in [1.82, 2.24) is 4.98 Å². The minimum absolute atomic E-state index is 0.104. The molecule has 0 unspecified atom stereocenters. The van der Waals surface area contributed by atoms with Crippen LogP contribution in [-0.2, 0) is 4.79 Å². The Bertz CT molecular complexity index is 492. The van der Waals surface area contributed by atoms with E-state index in [2.05, 4.69) is 10.3 Å². The lowest BCUT2D eigenvalue weighted by Crippen LogP contribution is -2.51. The maximum Gasteiger partial charge on any atom is 0.232 e. The first-order chi connectivity index (χ1) is 9.13. The van der Waals surface area contributed by atoms with Crippen molar-refractivity contribution in [3.8, 4) is 0 Å². The summed E-state index contributed by atoms with van der Waals surface area (Å²) in [6.07, 6.45) is 8.93. The maximum atomic E-state index is 12.7. The first-order valence-electron chi connectivity index (χ1n) is 7.06.